The molecule has 2 aromatic rings. The molecule has 188 valence electrons. The molecule has 0 heterocycles. The highest BCUT2D eigenvalue weighted by molar-refractivity contribution is 5.79. The van der Waals surface area contributed by atoms with Crippen molar-refractivity contribution in [3.63, 3.8) is 0 Å². The number of aliphatic hydroxyl groups is 1. The number of nitrogens with one attached hydrogen (secondary N) is 2. The summed E-state index contributed by atoms with van der Waals surface area (Å²) in [4.78, 5) is 34.4. The normalized spacial score (nSPS) is 12.9. The van der Waals surface area contributed by atoms with Gasteiger partial charge in [0.05, 0.1) is 12.5 Å². The number of carbonyl (C=O) groups excluding carboxylic acids is 2. The Morgan fingerprint density at radius 2 is 1.46 bits per heavy atom. The van der Waals surface area contributed by atoms with E-state index < -0.39 is 18.2 Å². The SMILES string of the molecule is O=C(O)CC(O)CNC(=O)CCCCCCCNC(=O)OCC1c2ccccc2-c2ccccc21. The Morgan fingerprint density at radius 3 is 2.11 bits per heavy atom. The molecule has 35 heavy (non-hydrogen) atoms. The molecule has 3 rings (SSSR count). The van der Waals surface area contributed by atoms with E-state index in [0.29, 0.717) is 19.6 Å². The lowest BCUT2D eigenvalue weighted by atomic mass is 9.98. The van der Waals surface area contributed by atoms with Crippen LogP contribution in [0.15, 0.2) is 48.5 Å². The third kappa shape index (κ3) is 8.10. The molecule has 1 aliphatic carbocycles. The van der Waals surface area contributed by atoms with Gasteiger partial charge in [0, 0.05) is 25.4 Å². The van der Waals surface area contributed by atoms with Gasteiger partial charge in [-0.3, -0.25) is 9.59 Å². The third-order valence-electron chi connectivity index (χ3n) is 6.14. The van der Waals surface area contributed by atoms with Gasteiger partial charge < -0.3 is 25.6 Å². The number of ether oxygens (including phenoxy) is 1. The molecule has 0 spiro atoms. The van der Waals surface area contributed by atoms with Crippen molar-refractivity contribution in [2.45, 2.75) is 57.0 Å². The number of carbonyl (C=O) groups is 3. The smallest absolute Gasteiger partial charge is 0.407 e. The molecule has 0 saturated carbocycles. The fourth-order valence-corrected chi connectivity index (χ4v) is 4.37. The van der Waals surface area contributed by atoms with Crippen molar-refractivity contribution in [3.05, 3.63) is 59.7 Å². The monoisotopic (exact) mass is 482 g/mol. The second-order valence-electron chi connectivity index (χ2n) is 8.83. The van der Waals surface area contributed by atoms with Gasteiger partial charge in [-0.15, -0.1) is 0 Å². The molecular formula is C27H34N2O6. The average molecular weight is 483 g/mol. The molecule has 1 unspecified atom stereocenters. The van der Waals surface area contributed by atoms with Gasteiger partial charge in [-0.05, 0) is 35.1 Å². The number of unbranched alkanes of at least 4 members (excludes halogenated alkanes) is 4. The molecule has 8 nitrogen and oxygen atoms in total. The van der Waals surface area contributed by atoms with E-state index >= 15 is 0 Å². The topological polar surface area (TPSA) is 125 Å². The highest BCUT2D eigenvalue weighted by atomic mass is 16.5. The van der Waals surface area contributed by atoms with Crippen LogP contribution in [-0.4, -0.2) is 54.0 Å². The minimum Gasteiger partial charge on any atom is -0.481 e. The van der Waals surface area contributed by atoms with Gasteiger partial charge in [-0.25, -0.2) is 4.79 Å². The van der Waals surface area contributed by atoms with Crippen LogP contribution in [0.25, 0.3) is 11.1 Å². The van der Waals surface area contributed by atoms with E-state index in [-0.39, 0.29) is 24.8 Å². The predicted molar refractivity (Wildman–Crippen MR) is 132 cm³/mol. The van der Waals surface area contributed by atoms with Crippen LogP contribution in [0.4, 0.5) is 4.79 Å². The summed E-state index contributed by atoms with van der Waals surface area (Å²) in [6.07, 6.45) is 2.80. The Hall–Kier alpha value is -3.39. The Bertz CT molecular complexity index is 963. The highest BCUT2D eigenvalue weighted by Gasteiger charge is 2.28. The molecule has 0 aromatic heterocycles. The molecule has 2 amide bonds. The molecule has 1 atom stereocenters. The number of aliphatic hydroxyl groups excluding tert-OH is 1. The lowest BCUT2D eigenvalue weighted by molar-refractivity contribution is -0.139. The van der Waals surface area contributed by atoms with Crippen molar-refractivity contribution in [1.82, 2.24) is 10.6 Å². The number of aliphatic carboxylic acids is 1. The molecule has 0 fully saturated rings. The first-order chi connectivity index (χ1) is 17.0. The highest BCUT2D eigenvalue weighted by Crippen LogP contribution is 2.44. The Kier molecular flexibility index (Phi) is 10.1. The van der Waals surface area contributed by atoms with Crippen LogP contribution in [0.1, 0.15) is 62.0 Å². The molecular weight excluding hydrogens is 448 g/mol. The first kappa shape index (κ1) is 26.2. The van der Waals surface area contributed by atoms with Crippen molar-refractivity contribution in [3.8, 4) is 11.1 Å². The van der Waals surface area contributed by atoms with Crippen LogP contribution in [-0.2, 0) is 14.3 Å². The summed E-state index contributed by atoms with van der Waals surface area (Å²) in [5.41, 5.74) is 4.77. The van der Waals surface area contributed by atoms with Gasteiger partial charge >= 0.3 is 12.1 Å². The first-order valence-electron chi connectivity index (χ1n) is 12.2. The molecule has 2 aromatic carbocycles. The molecule has 4 N–H and O–H groups in total. The Balaban J connectivity index is 1.23. The fraction of sp³-hybridized carbons (Fsp3) is 0.444. The van der Waals surface area contributed by atoms with Gasteiger partial charge in [0.25, 0.3) is 0 Å². The Morgan fingerprint density at radius 1 is 0.857 bits per heavy atom. The van der Waals surface area contributed by atoms with E-state index in [1.807, 2.05) is 24.3 Å². The molecule has 0 radical (unpaired) electrons. The number of carboxylic acid groups (broad SMARTS) is 1. The second-order valence-corrected chi connectivity index (χ2v) is 8.83. The second kappa shape index (κ2) is 13.5. The van der Waals surface area contributed by atoms with Gasteiger partial charge in [0.15, 0.2) is 0 Å². The molecule has 8 heteroatoms. The maximum absolute atomic E-state index is 12.2. The summed E-state index contributed by atoms with van der Waals surface area (Å²) < 4.78 is 5.53. The first-order valence-corrected chi connectivity index (χ1v) is 12.2. The van der Waals surface area contributed by atoms with Gasteiger partial charge in [0.1, 0.15) is 6.61 Å². The number of carboxylic acids is 1. The third-order valence-corrected chi connectivity index (χ3v) is 6.14. The maximum Gasteiger partial charge on any atom is 0.407 e. The largest absolute Gasteiger partial charge is 0.481 e. The Labute approximate surface area is 205 Å². The number of rotatable bonds is 14. The summed E-state index contributed by atoms with van der Waals surface area (Å²) in [7, 11) is 0. The lowest BCUT2D eigenvalue weighted by Crippen LogP contribution is -2.33. The zero-order valence-electron chi connectivity index (χ0n) is 19.9. The molecule has 1 aliphatic rings. The number of benzene rings is 2. The minimum atomic E-state index is -1.10. The summed E-state index contributed by atoms with van der Waals surface area (Å²) in [6, 6.07) is 16.5. The predicted octanol–water partition coefficient (Wildman–Crippen LogP) is 3.82. The van der Waals surface area contributed by atoms with Crippen molar-refractivity contribution in [2.24, 2.45) is 0 Å². The van der Waals surface area contributed by atoms with E-state index in [1.54, 1.807) is 0 Å². The van der Waals surface area contributed by atoms with E-state index in [0.717, 1.165) is 32.1 Å². The van der Waals surface area contributed by atoms with Crippen molar-refractivity contribution in [1.29, 1.82) is 0 Å². The zero-order valence-corrected chi connectivity index (χ0v) is 19.9. The van der Waals surface area contributed by atoms with Gasteiger partial charge in [-0.2, -0.15) is 0 Å². The van der Waals surface area contributed by atoms with E-state index in [1.165, 1.54) is 22.3 Å². The lowest BCUT2D eigenvalue weighted by Gasteiger charge is -2.14. The van der Waals surface area contributed by atoms with Crippen LogP contribution in [0, 0.1) is 0 Å². The number of amides is 2. The van der Waals surface area contributed by atoms with Crippen LogP contribution >= 0.6 is 0 Å². The summed E-state index contributed by atoms with van der Waals surface area (Å²) in [6.45, 7) is 0.792. The average Bonchev–Trinajstić information content (AvgIpc) is 3.16. The van der Waals surface area contributed by atoms with Crippen LogP contribution in [0.3, 0.4) is 0 Å². The van der Waals surface area contributed by atoms with Gasteiger partial charge in [0.2, 0.25) is 5.91 Å². The quantitative estimate of drug-likeness (QED) is 0.304. The van der Waals surface area contributed by atoms with Crippen molar-refractivity contribution in [2.75, 3.05) is 19.7 Å². The van der Waals surface area contributed by atoms with Crippen molar-refractivity contribution < 1.29 is 29.3 Å². The van der Waals surface area contributed by atoms with E-state index in [9.17, 15) is 19.5 Å². The fourth-order valence-electron chi connectivity index (χ4n) is 4.37. The number of hydrogen-bond acceptors (Lipinski definition) is 5. The van der Waals surface area contributed by atoms with Crippen molar-refractivity contribution >= 4 is 18.0 Å². The van der Waals surface area contributed by atoms with E-state index in [2.05, 4.69) is 34.9 Å². The number of hydrogen-bond donors (Lipinski definition) is 4. The van der Waals surface area contributed by atoms with Crippen LogP contribution in [0.5, 0.6) is 0 Å². The summed E-state index contributed by atoms with van der Waals surface area (Å²) in [5, 5.41) is 23.4. The van der Waals surface area contributed by atoms with E-state index in [4.69, 9.17) is 9.84 Å². The number of fused-ring (bicyclic) bond motifs is 3. The minimum absolute atomic E-state index is 0.0470. The van der Waals surface area contributed by atoms with Crippen LogP contribution in [0.2, 0.25) is 0 Å². The molecule has 0 aliphatic heterocycles. The summed E-state index contributed by atoms with van der Waals surface area (Å²) in [5.74, 6) is -1.24. The van der Waals surface area contributed by atoms with Gasteiger partial charge in [-0.1, -0.05) is 67.8 Å². The number of alkyl carbamates (subject to hydrolysis) is 1. The molecule has 0 bridgehead atoms. The summed E-state index contributed by atoms with van der Waals surface area (Å²) >= 11 is 0. The standard InChI is InChI=1S/C27H34N2O6/c30-19(16-26(32)33)17-29-25(31)14-4-2-1-3-9-15-28-27(34)35-18-24-22-12-7-5-10-20(22)21-11-6-8-13-23(21)24/h5-8,10-13,19,24,30H,1-4,9,14-18H2,(H,28,34)(H,29,31)(H,32,33). The molecule has 0 saturated heterocycles. The zero-order chi connectivity index (χ0) is 25.0. The van der Waals surface area contributed by atoms with Crippen LogP contribution < -0.4 is 10.6 Å². The maximum atomic E-state index is 12.2.